The van der Waals surface area contributed by atoms with E-state index in [-0.39, 0.29) is 16.9 Å². The fourth-order valence-corrected chi connectivity index (χ4v) is 5.98. The number of carboxylic acid groups (broad SMARTS) is 1. The number of anilines is 1. The van der Waals surface area contributed by atoms with Crippen LogP contribution in [0.5, 0.6) is 0 Å². The van der Waals surface area contributed by atoms with E-state index >= 15 is 0 Å². The standard InChI is InChI=1S/C23H33ClN4O3.C2HF3O2/c1-3-27-13-10-23(20(27)29)17-26(14-15-31-2)16-22(23)8-11-28(12-9-22)21(30)25-19-6-4-18(24)5-7-19;3-2(4,5)1(6)7/h4-7H,3,8-17H2,1-2H3,(H,25,30);(H,6,7). The molecule has 3 aliphatic heterocycles. The number of nitrogens with zero attached hydrogens (tertiary/aromatic N) is 3. The van der Waals surface area contributed by atoms with Gasteiger partial charge in [0, 0.05) is 69.0 Å². The maximum absolute atomic E-state index is 13.5. The van der Waals surface area contributed by atoms with Crippen LogP contribution in [0.15, 0.2) is 24.3 Å². The number of carboxylic acids is 1. The van der Waals surface area contributed by atoms with Crippen molar-refractivity contribution in [3.05, 3.63) is 29.3 Å². The average Bonchev–Trinajstić information content (AvgIpc) is 3.36. The van der Waals surface area contributed by atoms with Crippen molar-refractivity contribution in [2.45, 2.75) is 32.4 Å². The molecule has 38 heavy (non-hydrogen) atoms. The lowest BCUT2D eigenvalue weighted by molar-refractivity contribution is -0.192. The highest BCUT2D eigenvalue weighted by Crippen LogP contribution is 2.57. The Labute approximate surface area is 224 Å². The average molecular weight is 563 g/mol. The minimum absolute atomic E-state index is 0.0706. The molecular formula is C25H34ClF3N4O5. The van der Waals surface area contributed by atoms with Gasteiger partial charge in [-0.25, -0.2) is 9.59 Å². The number of alkyl halides is 3. The first kappa shape index (κ1) is 30.0. The number of hydrogen-bond acceptors (Lipinski definition) is 5. The smallest absolute Gasteiger partial charge is 0.475 e. The van der Waals surface area contributed by atoms with Crippen molar-refractivity contribution in [3.63, 3.8) is 0 Å². The van der Waals surface area contributed by atoms with Crippen LogP contribution in [0.3, 0.4) is 0 Å². The quantitative estimate of drug-likeness (QED) is 0.566. The third-order valence-electron chi connectivity index (χ3n) is 7.88. The van der Waals surface area contributed by atoms with E-state index < -0.39 is 12.1 Å². The van der Waals surface area contributed by atoms with Gasteiger partial charge in [-0.15, -0.1) is 0 Å². The van der Waals surface area contributed by atoms with Crippen LogP contribution in [0, 0.1) is 10.8 Å². The lowest BCUT2D eigenvalue weighted by Gasteiger charge is -2.47. The molecule has 2 spiro atoms. The predicted molar refractivity (Wildman–Crippen MR) is 135 cm³/mol. The number of benzene rings is 1. The molecule has 1 aromatic rings. The molecule has 13 heteroatoms. The van der Waals surface area contributed by atoms with Crippen LogP contribution in [-0.2, 0) is 14.3 Å². The van der Waals surface area contributed by atoms with E-state index in [0.717, 1.165) is 57.7 Å². The maximum Gasteiger partial charge on any atom is 0.490 e. The summed E-state index contributed by atoms with van der Waals surface area (Å²) >= 11 is 5.94. The van der Waals surface area contributed by atoms with Gasteiger partial charge in [-0.3, -0.25) is 9.69 Å². The van der Waals surface area contributed by atoms with Crippen LogP contribution in [0.25, 0.3) is 0 Å². The highest BCUT2D eigenvalue weighted by Gasteiger charge is 2.64. The molecule has 1 unspecified atom stereocenters. The number of amides is 3. The number of likely N-dealkylation sites (tertiary alicyclic amines) is 3. The fraction of sp³-hybridized carbons (Fsp3) is 0.640. The number of ether oxygens (including phenoxy) is 1. The second-order valence-corrected chi connectivity index (χ2v) is 10.4. The zero-order valence-electron chi connectivity index (χ0n) is 21.5. The molecule has 3 heterocycles. The van der Waals surface area contributed by atoms with E-state index in [2.05, 4.69) is 17.1 Å². The summed E-state index contributed by atoms with van der Waals surface area (Å²) in [6.07, 6.45) is -2.46. The molecule has 3 amide bonds. The van der Waals surface area contributed by atoms with Crippen LogP contribution in [-0.4, -0.2) is 103 Å². The molecule has 1 atom stereocenters. The van der Waals surface area contributed by atoms with Gasteiger partial charge in [0.25, 0.3) is 0 Å². The van der Waals surface area contributed by atoms with Crippen LogP contribution in [0.1, 0.15) is 26.2 Å². The second kappa shape index (κ2) is 12.1. The van der Waals surface area contributed by atoms with E-state index in [1.807, 2.05) is 21.9 Å². The van der Waals surface area contributed by atoms with E-state index in [1.165, 1.54) is 0 Å². The Balaban J connectivity index is 0.000000505. The van der Waals surface area contributed by atoms with Crippen molar-refractivity contribution in [1.82, 2.24) is 14.7 Å². The molecule has 0 aromatic heterocycles. The van der Waals surface area contributed by atoms with E-state index in [9.17, 15) is 22.8 Å². The zero-order chi connectivity index (χ0) is 28.1. The van der Waals surface area contributed by atoms with Gasteiger partial charge in [0.2, 0.25) is 5.91 Å². The lowest BCUT2D eigenvalue weighted by atomic mass is 9.60. The van der Waals surface area contributed by atoms with Crippen molar-refractivity contribution < 1.29 is 37.4 Å². The molecule has 1 aromatic carbocycles. The molecule has 4 rings (SSSR count). The number of carbonyl (C=O) groups excluding carboxylic acids is 2. The topological polar surface area (TPSA) is 102 Å². The number of rotatable bonds is 5. The Kier molecular flexibility index (Phi) is 9.53. The Bertz CT molecular complexity index is 1000. The summed E-state index contributed by atoms with van der Waals surface area (Å²) in [4.78, 5) is 41.5. The first-order valence-corrected chi connectivity index (χ1v) is 12.9. The van der Waals surface area contributed by atoms with E-state index in [1.54, 1.807) is 19.2 Å². The SMILES string of the molecule is CCN1CCC2(CN(CCOC)CC23CCN(C(=O)Nc2ccc(Cl)cc2)CC3)C1=O.O=C(O)C(F)(F)F. The van der Waals surface area contributed by atoms with Crippen molar-refractivity contribution in [1.29, 1.82) is 0 Å². The molecule has 2 N–H and O–H groups in total. The highest BCUT2D eigenvalue weighted by molar-refractivity contribution is 6.30. The highest BCUT2D eigenvalue weighted by atomic mass is 35.5. The number of piperidine rings is 1. The molecule has 3 saturated heterocycles. The number of methoxy groups -OCH3 is 1. The number of aliphatic carboxylic acids is 1. The van der Waals surface area contributed by atoms with Gasteiger partial charge in [-0.1, -0.05) is 11.6 Å². The van der Waals surface area contributed by atoms with E-state index in [4.69, 9.17) is 26.2 Å². The molecule has 3 aliphatic rings. The number of urea groups is 1. The Morgan fingerprint density at radius 1 is 1.11 bits per heavy atom. The molecule has 212 valence electrons. The van der Waals surface area contributed by atoms with Gasteiger partial charge in [-0.2, -0.15) is 13.2 Å². The summed E-state index contributed by atoms with van der Waals surface area (Å²) in [7, 11) is 1.72. The summed E-state index contributed by atoms with van der Waals surface area (Å²) in [5.41, 5.74) is 0.344. The Hall–Kier alpha value is -2.57. The molecular weight excluding hydrogens is 529 g/mol. The first-order chi connectivity index (χ1) is 17.9. The minimum atomic E-state index is -5.08. The third-order valence-corrected chi connectivity index (χ3v) is 8.13. The largest absolute Gasteiger partial charge is 0.490 e. The van der Waals surface area contributed by atoms with Gasteiger partial charge in [0.1, 0.15) is 0 Å². The number of carbonyl (C=O) groups is 3. The summed E-state index contributed by atoms with van der Waals surface area (Å²) in [5, 5.41) is 10.7. The maximum atomic E-state index is 13.5. The van der Waals surface area contributed by atoms with Crippen molar-refractivity contribution in [3.8, 4) is 0 Å². The summed E-state index contributed by atoms with van der Waals surface area (Å²) in [5.74, 6) is -2.44. The van der Waals surface area contributed by atoms with Crippen LogP contribution >= 0.6 is 11.6 Å². The molecule has 0 bridgehead atoms. The number of halogens is 4. The van der Waals surface area contributed by atoms with Gasteiger partial charge >= 0.3 is 18.2 Å². The van der Waals surface area contributed by atoms with Crippen LogP contribution in [0.2, 0.25) is 5.02 Å². The first-order valence-electron chi connectivity index (χ1n) is 12.5. The van der Waals surface area contributed by atoms with Gasteiger partial charge < -0.3 is 25.0 Å². The second-order valence-electron chi connectivity index (χ2n) is 9.93. The van der Waals surface area contributed by atoms with Crippen LogP contribution in [0.4, 0.5) is 23.7 Å². The lowest BCUT2D eigenvalue weighted by Crippen LogP contribution is -2.54. The zero-order valence-corrected chi connectivity index (χ0v) is 22.3. The monoisotopic (exact) mass is 562 g/mol. The molecule has 0 aliphatic carbocycles. The number of fused-ring (bicyclic) bond motifs is 1. The number of nitrogens with one attached hydrogen (secondary N) is 1. The van der Waals surface area contributed by atoms with E-state index in [0.29, 0.717) is 30.6 Å². The van der Waals surface area contributed by atoms with Gasteiger partial charge in [-0.05, 0) is 50.5 Å². The molecule has 0 saturated carbocycles. The van der Waals surface area contributed by atoms with Crippen molar-refractivity contribution >= 4 is 35.2 Å². The summed E-state index contributed by atoms with van der Waals surface area (Å²) in [6.45, 7) is 8.24. The van der Waals surface area contributed by atoms with Crippen molar-refractivity contribution in [2.24, 2.45) is 10.8 Å². The minimum Gasteiger partial charge on any atom is -0.475 e. The fourth-order valence-electron chi connectivity index (χ4n) is 5.85. The van der Waals surface area contributed by atoms with Gasteiger partial charge in [0.05, 0.1) is 12.0 Å². The summed E-state index contributed by atoms with van der Waals surface area (Å²) < 4.78 is 37.0. The number of hydrogen-bond donors (Lipinski definition) is 2. The molecule has 9 nitrogen and oxygen atoms in total. The van der Waals surface area contributed by atoms with Gasteiger partial charge in [0.15, 0.2) is 0 Å². The third kappa shape index (κ3) is 6.35. The van der Waals surface area contributed by atoms with Crippen molar-refractivity contribution in [2.75, 3.05) is 64.8 Å². The Morgan fingerprint density at radius 3 is 2.21 bits per heavy atom. The normalized spacial score (nSPS) is 23.1. The van der Waals surface area contributed by atoms with Crippen LogP contribution < -0.4 is 5.32 Å². The molecule has 0 radical (unpaired) electrons. The predicted octanol–water partition coefficient (Wildman–Crippen LogP) is 3.79. The summed E-state index contributed by atoms with van der Waals surface area (Å²) in [6, 6.07) is 7.06. The molecule has 3 fully saturated rings. The Morgan fingerprint density at radius 2 is 1.71 bits per heavy atom.